The molecular weight excluding hydrogens is 832 g/mol. The smallest absolute Gasteiger partial charge is 0.207 e. The molecule has 0 atom stereocenters. The summed E-state index contributed by atoms with van der Waals surface area (Å²) in [5.74, 6) is 3.80. The molecule has 0 amide bonds. The first kappa shape index (κ1) is 40.5. The summed E-state index contributed by atoms with van der Waals surface area (Å²) in [5, 5.41) is 0.635. The van der Waals surface area contributed by atoms with Gasteiger partial charge in [0, 0.05) is 34.6 Å². The third kappa shape index (κ3) is 9.29. The Balaban J connectivity index is 1.21. The molecule has 13 heteroatoms. The molecule has 10 nitrogen and oxygen atoms in total. The van der Waals surface area contributed by atoms with Crippen molar-refractivity contribution in [3.05, 3.63) is 180 Å². The SMILES string of the molecule is Nc1ccc(Oc2ccc(-c3cc(Oc4ccc(N)c(Cl)c4)ccc3S(=O)(=O)c3ccc(Oc4ccc(N)c(Cl)c4)cc3-c3ccc(Oc4ccc(N)cc4)cc3)cc2)cc1. The number of benzene rings is 8. The number of halogens is 2. The lowest BCUT2D eigenvalue weighted by atomic mass is 10.0. The average molecular weight is 868 g/mol. The van der Waals surface area contributed by atoms with Crippen molar-refractivity contribution < 1.29 is 27.4 Å². The molecule has 8 N–H and O–H groups in total. The van der Waals surface area contributed by atoms with Gasteiger partial charge < -0.3 is 41.9 Å². The zero-order valence-electron chi connectivity index (χ0n) is 32.1. The highest BCUT2D eigenvalue weighted by Crippen LogP contribution is 2.42. The van der Waals surface area contributed by atoms with Gasteiger partial charge in [-0.15, -0.1) is 0 Å². The molecule has 0 heterocycles. The number of hydrogen-bond donors (Lipinski definition) is 4. The van der Waals surface area contributed by atoms with Crippen molar-refractivity contribution in [2.24, 2.45) is 0 Å². The van der Waals surface area contributed by atoms with Crippen LogP contribution >= 0.6 is 23.2 Å². The molecule has 8 aromatic carbocycles. The number of ether oxygens (including phenoxy) is 4. The number of sulfone groups is 1. The Hall–Kier alpha value is -7.31. The Bertz CT molecular complexity index is 2790. The van der Waals surface area contributed by atoms with Crippen LogP contribution in [0, 0.1) is 0 Å². The molecule has 304 valence electrons. The number of rotatable bonds is 12. The van der Waals surface area contributed by atoms with E-state index in [4.69, 9.17) is 65.1 Å². The van der Waals surface area contributed by atoms with Crippen LogP contribution in [0.1, 0.15) is 0 Å². The number of nitrogen functional groups attached to an aromatic ring is 4. The van der Waals surface area contributed by atoms with Crippen molar-refractivity contribution in [2.75, 3.05) is 22.9 Å². The second-order valence-electron chi connectivity index (χ2n) is 13.8. The van der Waals surface area contributed by atoms with Gasteiger partial charge in [0.25, 0.3) is 0 Å². The van der Waals surface area contributed by atoms with Crippen molar-refractivity contribution in [1.29, 1.82) is 0 Å². The summed E-state index contributed by atoms with van der Waals surface area (Å²) in [4.78, 5) is 0.0388. The summed E-state index contributed by atoms with van der Waals surface area (Å²) < 4.78 is 54.8. The van der Waals surface area contributed by atoms with E-state index in [1.807, 2.05) is 0 Å². The van der Waals surface area contributed by atoms with Crippen molar-refractivity contribution in [3.63, 3.8) is 0 Å². The molecule has 61 heavy (non-hydrogen) atoms. The van der Waals surface area contributed by atoms with Crippen LogP contribution in [-0.2, 0) is 9.84 Å². The van der Waals surface area contributed by atoms with E-state index in [0.29, 0.717) is 101 Å². The maximum atomic E-state index is 15.2. The van der Waals surface area contributed by atoms with Gasteiger partial charge in [-0.1, -0.05) is 47.5 Å². The highest BCUT2D eigenvalue weighted by Gasteiger charge is 2.27. The largest absolute Gasteiger partial charge is 0.457 e. The predicted octanol–water partition coefficient (Wildman–Crippen LogP) is 12.7. The summed E-state index contributed by atoms with van der Waals surface area (Å²) in [6, 6.07) is 47.5. The van der Waals surface area contributed by atoms with Gasteiger partial charge in [0.2, 0.25) is 9.84 Å². The molecule has 0 aliphatic rings. The second kappa shape index (κ2) is 17.1. The lowest BCUT2D eigenvalue weighted by Gasteiger charge is -2.18. The minimum Gasteiger partial charge on any atom is -0.457 e. The second-order valence-corrected chi connectivity index (χ2v) is 16.5. The first-order chi connectivity index (χ1) is 29.4. The van der Waals surface area contributed by atoms with Crippen molar-refractivity contribution >= 4 is 55.8 Å². The Morgan fingerprint density at radius 2 is 0.623 bits per heavy atom. The first-order valence-corrected chi connectivity index (χ1v) is 20.9. The van der Waals surface area contributed by atoms with Crippen molar-refractivity contribution in [3.8, 4) is 68.2 Å². The van der Waals surface area contributed by atoms with Crippen LogP contribution in [-0.4, -0.2) is 8.42 Å². The van der Waals surface area contributed by atoms with Crippen LogP contribution in [0.3, 0.4) is 0 Å². The van der Waals surface area contributed by atoms with E-state index >= 15 is 8.42 Å². The molecule has 8 rings (SSSR count). The first-order valence-electron chi connectivity index (χ1n) is 18.6. The van der Waals surface area contributed by atoms with E-state index in [9.17, 15) is 0 Å². The minimum atomic E-state index is -4.30. The van der Waals surface area contributed by atoms with E-state index < -0.39 is 9.84 Å². The number of anilines is 4. The fourth-order valence-corrected chi connectivity index (χ4v) is 8.35. The van der Waals surface area contributed by atoms with Gasteiger partial charge in [-0.2, -0.15) is 0 Å². The molecular formula is C48H36Cl2N4O6S. The molecule has 0 aromatic heterocycles. The van der Waals surface area contributed by atoms with Gasteiger partial charge in [0.05, 0.1) is 31.2 Å². The third-order valence-electron chi connectivity index (χ3n) is 9.46. The molecule has 0 unspecified atom stereocenters. The monoisotopic (exact) mass is 866 g/mol. The van der Waals surface area contributed by atoms with Crippen LogP contribution in [0.25, 0.3) is 22.3 Å². The summed E-state index contributed by atoms with van der Waals surface area (Å²) in [6.45, 7) is 0. The van der Waals surface area contributed by atoms with Crippen LogP contribution in [0.4, 0.5) is 22.7 Å². The Labute approximate surface area is 362 Å². The topological polar surface area (TPSA) is 175 Å². The van der Waals surface area contributed by atoms with Crippen LogP contribution < -0.4 is 41.9 Å². The molecule has 0 aliphatic heterocycles. The zero-order valence-corrected chi connectivity index (χ0v) is 34.4. The average Bonchev–Trinajstić information content (AvgIpc) is 3.25. The molecule has 0 aliphatic carbocycles. The molecule has 0 radical (unpaired) electrons. The van der Waals surface area contributed by atoms with E-state index in [1.165, 1.54) is 12.1 Å². The number of nitrogens with two attached hydrogens (primary N) is 4. The van der Waals surface area contributed by atoms with Gasteiger partial charge in [-0.25, -0.2) is 8.42 Å². The predicted molar refractivity (Wildman–Crippen MR) is 243 cm³/mol. The highest BCUT2D eigenvalue weighted by atomic mass is 35.5. The maximum absolute atomic E-state index is 15.2. The Kier molecular flexibility index (Phi) is 11.4. The summed E-state index contributed by atoms with van der Waals surface area (Å²) in [7, 11) is -4.30. The van der Waals surface area contributed by atoms with Crippen molar-refractivity contribution in [2.45, 2.75) is 9.79 Å². The quantitative estimate of drug-likeness (QED) is 0.0865. The third-order valence-corrected chi connectivity index (χ3v) is 12.0. The van der Waals surface area contributed by atoms with Crippen molar-refractivity contribution in [1.82, 2.24) is 0 Å². The maximum Gasteiger partial charge on any atom is 0.207 e. The zero-order chi connectivity index (χ0) is 42.7. The minimum absolute atomic E-state index is 0.0194. The molecule has 0 spiro atoms. The molecule has 8 aromatic rings. The van der Waals surface area contributed by atoms with E-state index in [-0.39, 0.29) is 9.79 Å². The van der Waals surface area contributed by atoms with Crippen LogP contribution in [0.15, 0.2) is 180 Å². The molecule has 0 saturated carbocycles. The fraction of sp³-hybridized carbons (Fsp3) is 0. The van der Waals surface area contributed by atoms with Gasteiger partial charge in [0.15, 0.2) is 0 Å². The standard InChI is InChI=1S/C48H36Cl2N4O6S/c49-43-27-39(17-21-45(43)53)59-37-19-23-47(41(25-37)29-1-9-33(10-2-29)57-35-13-5-31(51)6-14-35)61(55,56)48-24-20-38(60-40-18-22-46(54)44(50)28-40)26-42(48)30-3-11-34(12-4-30)58-36-15-7-32(52)8-16-36/h1-28H,51-54H2. The van der Waals surface area contributed by atoms with E-state index in [0.717, 1.165) is 0 Å². The summed E-state index contributed by atoms with van der Waals surface area (Å²) >= 11 is 12.6. The lowest BCUT2D eigenvalue weighted by Crippen LogP contribution is -2.07. The van der Waals surface area contributed by atoms with Crippen LogP contribution in [0.5, 0.6) is 46.0 Å². The Morgan fingerprint density at radius 1 is 0.344 bits per heavy atom. The van der Waals surface area contributed by atoms with Gasteiger partial charge in [0.1, 0.15) is 46.0 Å². The Morgan fingerprint density at radius 3 is 0.967 bits per heavy atom. The van der Waals surface area contributed by atoms with Gasteiger partial charge >= 0.3 is 0 Å². The van der Waals surface area contributed by atoms with E-state index in [2.05, 4.69) is 0 Å². The fourth-order valence-electron chi connectivity index (χ4n) is 6.35. The highest BCUT2D eigenvalue weighted by molar-refractivity contribution is 7.91. The van der Waals surface area contributed by atoms with E-state index in [1.54, 1.807) is 158 Å². The normalized spacial score (nSPS) is 11.2. The number of hydrogen-bond acceptors (Lipinski definition) is 10. The lowest BCUT2D eigenvalue weighted by molar-refractivity contribution is 0.482. The summed E-state index contributed by atoms with van der Waals surface area (Å²) in [5.41, 5.74) is 27.5. The molecule has 0 bridgehead atoms. The molecule has 0 saturated heterocycles. The summed E-state index contributed by atoms with van der Waals surface area (Å²) in [6.07, 6.45) is 0. The van der Waals surface area contributed by atoms with Gasteiger partial charge in [-0.05, 0) is 145 Å². The van der Waals surface area contributed by atoms with Gasteiger partial charge in [-0.3, -0.25) is 0 Å². The molecule has 0 fully saturated rings. The van der Waals surface area contributed by atoms with Crippen LogP contribution in [0.2, 0.25) is 10.0 Å².